The molecule has 1 fully saturated rings. The van der Waals surface area contributed by atoms with Gasteiger partial charge >= 0.3 is 0 Å². The van der Waals surface area contributed by atoms with Crippen molar-refractivity contribution >= 4 is 52.8 Å². The van der Waals surface area contributed by atoms with E-state index in [1.54, 1.807) is 41.4 Å². The lowest BCUT2D eigenvalue weighted by atomic mass is 9.94. The van der Waals surface area contributed by atoms with Crippen LogP contribution in [0.2, 0.25) is 5.02 Å². The number of hydrogen-bond donors (Lipinski definition) is 3. The maximum atomic E-state index is 13.1. The Kier molecular flexibility index (Phi) is 7.21. The first kappa shape index (κ1) is 26.0. The largest absolute Gasteiger partial charge is 0.339 e. The van der Waals surface area contributed by atoms with Gasteiger partial charge in [-0.05, 0) is 55.4 Å². The quantitative estimate of drug-likeness (QED) is 0.432. The zero-order valence-electron chi connectivity index (χ0n) is 22.1. The van der Waals surface area contributed by atoms with Crippen LogP contribution in [0.1, 0.15) is 41.6 Å². The van der Waals surface area contributed by atoms with Gasteiger partial charge < -0.3 is 20.9 Å². The molecule has 6 rings (SSSR count). The fourth-order valence-corrected chi connectivity index (χ4v) is 5.54. The summed E-state index contributed by atoms with van der Waals surface area (Å²) in [6.45, 7) is 1.20. The number of nitrogens with one attached hydrogen (secondary N) is 3. The van der Waals surface area contributed by atoms with Gasteiger partial charge in [0.1, 0.15) is 5.02 Å². The molecule has 12 heteroatoms. The third-order valence-corrected chi connectivity index (χ3v) is 7.73. The van der Waals surface area contributed by atoms with E-state index in [2.05, 4.69) is 36.0 Å². The van der Waals surface area contributed by atoms with E-state index in [0.29, 0.717) is 41.9 Å². The first-order valence-electron chi connectivity index (χ1n) is 13.4. The number of nitrogens with zero attached hydrogens (tertiary/aromatic N) is 6. The molecule has 1 unspecified atom stereocenters. The number of carbonyl (C=O) groups excluding carboxylic acids is 2. The van der Waals surface area contributed by atoms with Crippen molar-refractivity contribution in [2.45, 2.75) is 32.1 Å². The van der Waals surface area contributed by atoms with Crippen LogP contribution in [0.3, 0.4) is 0 Å². The minimum absolute atomic E-state index is 0.0410. The Bertz CT molecular complexity index is 1520. The minimum atomic E-state index is -0.0577. The van der Waals surface area contributed by atoms with E-state index in [9.17, 15) is 9.59 Å². The molecule has 2 atom stereocenters. The molecule has 0 radical (unpaired) electrons. The van der Waals surface area contributed by atoms with Gasteiger partial charge in [0.25, 0.3) is 5.91 Å². The number of amides is 2. The number of rotatable bonds is 4. The Labute approximate surface area is 236 Å². The van der Waals surface area contributed by atoms with Gasteiger partial charge in [0.2, 0.25) is 11.9 Å². The van der Waals surface area contributed by atoms with Gasteiger partial charge in [-0.1, -0.05) is 11.6 Å². The number of likely N-dealkylation sites (tertiary alicyclic amines) is 1. The Hall–Kier alpha value is -4.25. The first-order chi connectivity index (χ1) is 19.4. The van der Waals surface area contributed by atoms with Crippen LogP contribution in [-0.2, 0) is 18.3 Å². The van der Waals surface area contributed by atoms with Crippen molar-refractivity contribution in [3.8, 4) is 0 Å². The third kappa shape index (κ3) is 5.84. The van der Waals surface area contributed by atoms with E-state index < -0.39 is 0 Å². The number of carbonyl (C=O) groups is 2. The molecular weight excluding hydrogens is 530 g/mol. The summed E-state index contributed by atoms with van der Waals surface area (Å²) in [5.74, 6) is 1.19. The number of hydrogen-bond acceptors (Lipinski definition) is 8. The normalized spacial score (nSPS) is 19.9. The number of aromatic nitrogens is 4. The second-order valence-corrected chi connectivity index (χ2v) is 10.9. The molecule has 1 saturated heterocycles. The summed E-state index contributed by atoms with van der Waals surface area (Å²) < 4.78 is 1.62. The van der Waals surface area contributed by atoms with E-state index in [1.807, 2.05) is 24.4 Å². The summed E-state index contributed by atoms with van der Waals surface area (Å²) in [7, 11) is 1.79. The highest BCUT2D eigenvalue weighted by Gasteiger charge is 2.29. The van der Waals surface area contributed by atoms with Crippen LogP contribution in [0.15, 0.2) is 53.7 Å². The molecule has 11 nitrogen and oxygen atoms in total. The number of allylic oxidation sites excluding steroid dienone is 1. The number of aliphatic imine (C=N–C) groups is 1. The van der Waals surface area contributed by atoms with E-state index in [-0.39, 0.29) is 23.7 Å². The lowest BCUT2D eigenvalue weighted by molar-refractivity contribution is -0.117. The predicted octanol–water partition coefficient (Wildman–Crippen LogP) is 4.39. The van der Waals surface area contributed by atoms with Crippen molar-refractivity contribution in [3.05, 3.63) is 64.8 Å². The van der Waals surface area contributed by atoms with Crippen molar-refractivity contribution in [3.63, 3.8) is 0 Å². The fourth-order valence-electron chi connectivity index (χ4n) is 5.40. The zero-order chi connectivity index (χ0) is 27.6. The molecule has 2 amide bonds. The molecule has 5 heterocycles. The van der Waals surface area contributed by atoms with Crippen molar-refractivity contribution in [1.29, 1.82) is 0 Å². The third-order valence-electron chi connectivity index (χ3n) is 7.45. The minimum Gasteiger partial charge on any atom is -0.339 e. The summed E-state index contributed by atoms with van der Waals surface area (Å²) in [5.41, 5.74) is 4.12. The number of benzene rings is 1. The molecule has 0 saturated carbocycles. The van der Waals surface area contributed by atoms with Crippen molar-refractivity contribution < 1.29 is 9.59 Å². The SMILES string of the molecule is Cn1cc(C(=O)N2CC[C@@H](CC(=O)Nc3ccc4cc3CCC3C=NC=C(C3)Nc3ncc(Cl)c(n3)N4)C2)cn1. The van der Waals surface area contributed by atoms with Crippen LogP contribution in [0.25, 0.3) is 0 Å². The number of aryl methyl sites for hydroxylation is 2. The van der Waals surface area contributed by atoms with Gasteiger partial charge in [-0.3, -0.25) is 19.3 Å². The average Bonchev–Trinajstić information content (AvgIpc) is 3.59. The number of halogens is 1. The first-order valence-corrected chi connectivity index (χ1v) is 13.8. The van der Waals surface area contributed by atoms with Gasteiger partial charge in [0.15, 0.2) is 5.82 Å². The summed E-state index contributed by atoms with van der Waals surface area (Å²) >= 11 is 6.38. The molecule has 3 aliphatic rings. The second-order valence-electron chi connectivity index (χ2n) is 10.5. The number of fused-ring (bicyclic) bond motifs is 6. The van der Waals surface area contributed by atoms with Gasteiger partial charge in [0, 0.05) is 68.2 Å². The maximum Gasteiger partial charge on any atom is 0.257 e. The lowest BCUT2D eigenvalue weighted by Gasteiger charge is -2.19. The Morgan fingerprint density at radius 3 is 2.95 bits per heavy atom. The van der Waals surface area contributed by atoms with Gasteiger partial charge in [-0.15, -0.1) is 0 Å². The summed E-state index contributed by atoms with van der Waals surface area (Å²) in [5, 5.41) is 14.2. The molecule has 0 spiro atoms. The van der Waals surface area contributed by atoms with Crippen LogP contribution in [0, 0.1) is 11.8 Å². The van der Waals surface area contributed by atoms with Gasteiger partial charge in [-0.25, -0.2) is 4.98 Å². The van der Waals surface area contributed by atoms with Crippen molar-refractivity contribution in [2.75, 3.05) is 29.0 Å². The van der Waals surface area contributed by atoms with Gasteiger partial charge in [0.05, 0.1) is 18.0 Å². The zero-order valence-corrected chi connectivity index (χ0v) is 22.9. The van der Waals surface area contributed by atoms with Crippen LogP contribution in [0.5, 0.6) is 0 Å². The van der Waals surface area contributed by atoms with Crippen LogP contribution < -0.4 is 16.0 Å². The van der Waals surface area contributed by atoms with E-state index in [0.717, 1.165) is 48.3 Å². The van der Waals surface area contributed by atoms with Crippen LogP contribution in [-0.4, -0.2) is 55.8 Å². The van der Waals surface area contributed by atoms with Gasteiger partial charge in [-0.2, -0.15) is 10.1 Å². The number of anilines is 4. The fraction of sp³-hybridized carbons (Fsp3) is 0.357. The molecule has 3 N–H and O–H groups in total. The molecular formula is C28H30ClN9O2. The smallest absolute Gasteiger partial charge is 0.257 e. The van der Waals surface area contributed by atoms with E-state index in [4.69, 9.17) is 11.6 Å². The van der Waals surface area contributed by atoms with Crippen LogP contribution >= 0.6 is 11.6 Å². The Morgan fingerprint density at radius 2 is 2.10 bits per heavy atom. The standard InChI is InChI=1S/C28H30ClN9O2/c1-37-16-20(12-32-37)27(40)38-7-6-18(15-38)9-25(39)35-24-5-4-21-10-19(24)3-2-17-8-22(13-30-11-17)34-28-31-14-23(29)26(33-21)36-28/h4-5,10-14,16-18H,2-3,6-9,15H2,1H3,(H,35,39)(H2,31,33,34,36)/t17?,18-/m0/s1. The average molecular weight is 560 g/mol. The van der Waals surface area contributed by atoms with Crippen molar-refractivity contribution in [1.82, 2.24) is 24.6 Å². The highest BCUT2D eigenvalue weighted by atomic mass is 35.5. The summed E-state index contributed by atoms with van der Waals surface area (Å²) in [6.07, 6.45) is 12.2. The summed E-state index contributed by atoms with van der Waals surface area (Å²) in [6, 6.07) is 5.84. The Morgan fingerprint density at radius 1 is 1.20 bits per heavy atom. The van der Waals surface area contributed by atoms with E-state index >= 15 is 0 Å². The molecule has 3 aliphatic heterocycles. The highest BCUT2D eigenvalue weighted by molar-refractivity contribution is 6.32. The van der Waals surface area contributed by atoms with E-state index in [1.165, 1.54) is 0 Å². The predicted molar refractivity (Wildman–Crippen MR) is 154 cm³/mol. The molecule has 206 valence electrons. The lowest BCUT2D eigenvalue weighted by Crippen LogP contribution is -2.29. The molecule has 1 aromatic carbocycles. The Balaban J connectivity index is 1.16. The van der Waals surface area contributed by atoms with Crippen LogP contribution in [0.4, 0.5) is 23.1 Å². The van der Waals surface area contributed by atoms with Crippen molar-refractivity contribution in [2.24, 2.45) is 23.9 Å². The molecule has 0 aliphatic carbocycles. The monoisotopic (exact) mass is 559 g/mol. The molecule has 6 bridgehead atoms. The highest BCUT2D eigenvalue weighted by Crippen LogP contribution is 2.31. The molecule has 3 aromatic rings. The molecule has 40 heavy (non-hydrogen) atoms. The summed E-state index contributed by atoms with van der Waals surface area (Å²) in [4.78, 5) is 41.0. The topological polar surface area (TPSA) is 129 Å². The maximum absolute atomic E-state index is 13.1. The second kappa shape index (κ2) is 11.1. The molecule has 2 aromatic heterocycles.